The molecular weight excluding hydrogens is 497 g/mol. The Labute approximate surface area is 193 Å². The largest absolute Gasteiger partial charge is 0.497 e. The highest BCUT2D eigenvalue weighted by molar-refractivity contribution is 14.0. The molecule has 0 spiro atoms. The molecule has 0 aliphatic heterocycles. The van der Waals surface area contributed by atoms with Crippen molar-refractivity contribution in [3.05, 3.63) is 72.6 Å². The van der Waals surface area contributed by atoms with E-state index in [9.17, 15) is 0 Å². The van der Waals surface area contributed by atoms with E-state index in [1.165, 1.54) is 4.90 Å². The molecule has 0 aliphatic carbocycles. The van der Waals surface area contributed by atoms with Crippen molar-refractivity contribution < 1.29 is 4.74 Å². The first kappa shape index (κ1) is 23.1. The van der Waals surface area contributed by atoms with Crippen LogP contribution in [-0.4, -0.2) is 42.2 Å². The van der Waals surface area contributed by atoms with Gasteiger partial charge in [-0.25, -0.2) is 4.68 Å². The number of thioether (sulfide) groups is 1. The maximum atomic E-state index is 5.19. The van der Waals surface area contributed by atoms with Crippen molar-refractivity contribution in [2.45, 2.75) is 11.4 Å². The van der Waals surface area contributed by atoms with E-state index in [1.54, 1.807) is 14.2 Å². The maximum Gasteiger partial charge on any atom is 0.191 e. The maximum absolute atomic E-state index is 5.19. The fourth-order valence-electron chi connectivity index (χ4n) is 2.58. The Morgan fingerprint density at radius 1 is 1.07 bits per heavy atom. The number of ether oxygens (including phenoxy) is 1. The molecule has 0 fully saturated rings. The number of guanidine groups is 1. The summed E-state index contributed by atoms with van der Waals surface area (Å²) in [6.07, 6.45) is 1.95. The van der Waals surface area contributed by atoms with Gasteiger partial charge in [-0.05, 0) is 42.5 Å². The summed E-state index contributed by atoms with van der Waals surface area (Å²) in [7, 11) is 3.43. The summed E-state index contributed by atoms with van der Waals surface area (Å²) < 4.78 is 7.04. The summed E-state index contributed by atoms with van der Waals surface area (Å²) in [6, 6.07) is 20.2. The Bertz CT molecular complexity index is 884. The van der Waals surface area contributed by atoms with Crippen LogP contribution < -0.4 is 15.4 Å². The second-order valence-electron chi connectivity index (χ2n) is 5.96. The molecule has 1 aromatic heterocycles. The third-order valence-electron chi connectivity index (χ3n) is 4.05. The lowest BCUT2D eigenvalue weighted by Gasteiger charge is -2.10. The van der Waals surface area contributed by atoms with E-state index in [0.29, 0.717) is 6.54 Å². The highest BCUT2D eigenvalue weighted by Crippen LogP contribution is 2.16. The third kappa shape index (κ3) is 7.28. The van der Waals surface area contributed by atoms with Crippen LogP contribution in [0.1, 0.15) is 5.69 Å². The Kier molecular flexibility index (Phi) is 9.85. The van der Waals surface area contributed by atoms with E-state index in [4.69, 9.17) is 4.74 Å². The van der Waals surface area contributed by atoms with Crippen molar-refractivity contribution >= 4 is 41.7 Å². The van der Waals surface area contributed by atoms with Crippen LogP contribution in [0.3, 0.4) is 0 Å². The molecule has 29 heavy (non-hydrogen) atoms. The van der Waals surface area contributed by atoms with Gasteiger partial charge >= 0.3 is 0 Å². The molecule has 0 saturated carbocycles. The summed E-state index contributed by atoms with van der Waals surface area (Å²) in [5.74, 6) is 2.57. The van der Waals surface area contributed by atoms with Gasteiger partial charge in [-0.2, -0.15) is 5.10 Å². The van der Waals surface area contributed by atoms with Gasteiger partial charge in [0, 0.05) is 30.4 Å². The molecule has 0 bridgehead atoms. The molecule has 0 unspecified atom stereocenters. The standard InChI is InChI=1S/C21H25N5OS.HI/c1-22-21(23-13-15-28-20-6-4-3-5-7-20)24-16-17-12-14-26(25-17)18-8-10-19(27-2)11-9-18;/h3-12,14H,13,15-16H2,1-2H3,(H2,22,23,24);1H. The van der Waals surface area contributed by atoms with Crippen molar-refractivity contribution in [2.75, 3.05) is 26.5 Å². The normalized spacial score (nSPS) is 10.9. The van der Waals surface area contributed by atoms with Gasteiger partial charge in [0.15, 0.2) is 5.96 Å². The number of hydrogen-bond acceptors (Lipinski definition) is 4. The molecule has 0 radical (unpaired) electrons. The zero-order chi connectivity index (χ0) is 19.6. The van der Waals surface area contributed by atoms with Crippen molar-refractivity contribution in [3.8, 4) is 11.4 Å². The Hall–Kier alpha value is -2.20. The van der Waals surface area contributed by atoms with Gasteiger partial charge in [0.2, 0.25) is 0 Å². The van der Waals surface area contributed by atoms with E-state index in [2.05, 4.69) is 45.0 Å². The number of aromatic nitrogens is 2. The minimum Gasteiger partial charge on any atom is -0.497 e. The summed E-state index contributed by atoms with van der Waals surface area (Å²) in [5, 5.41) is 11.2. The van der Waals surface area contributed by atoms with E-state index >= 15 is 0 Å². The summed E-state index contributed by atoms with van der Waals surface area (Å²) in [5.41, 5.74) is 1.94. The first-order chi connectivity index (χ1) is 13.8. The minimum absolute atomic E-state index is 0. The van der Waals surface area contributed by atoms with E-state index in [0.717, 1.165) is 35.4 Å². The zero-order valence-electron chi connectivity index (χ0n) is 16.5. The van der Waals surface area contributed by atoms with Gasteiger partial charge in [-0.3, -0.25) is 4.99 Å². The fraction of sp³-hybridized carbons (Fsp3) is 0.238. The Balaban J connectivity index is 0.00000300. The summed E-state index contributed by atoms with van der Waals surface area (Å²) >= 11 is 1.82. The Morgan fingerprint density at radius 3 is 2.52 bits per heavy atom. The number of nitrogens with zero attached hydrogens (tertiary/aromatic N) is 3. The lowest BCUT2D eigenvalue weighted by molar-refractivity contribution is 0.414. The van der Waals surface area contributed by atoms with Crippen LogP contribution in [0.2, 0.25) is 0 Å². The fourth-order valence-corrected chi connectivity index (χ4v) is 3.37. The van der Waals surface area contributed by atoms with Gasteiger partial charge in [0.25, 0.3) is 0 Å². The molecule has 154 valence electrons. The number of benzene rings is 2. The number of hydrogen-bond donors (Lipinski definition) is 2. The van der Waals surface area contributed by atoms with Crippen LogP contribution in [0.5, 0.6) is 5.75 Å². The van der Waals surface area contributed by atoms with Gasteiger partial charge in [0.05, 0.1) is 25.0 Å². The van der Waals surface area contributed by atoms with Gasteiger partial charge in [-0.15, -0.1) is 35.7 Å². The van der Waals surface area contributed by atoms with Crippen molar-refractivity contribution in [2.24, 2.45) is 4.99 Å². The predicted octanol–water partition coefficient (Wildman–Crippen LogP) is 3.96. The first-order valence-electron chi connectivity index (χ1n) is 9.10. The molecule has 8 heteroatoms. The third-order valence-corrected chi connectivity index (χ3v) is 5.06. The summed E-state index contributed by atoms with van der Waals surface area (Å²) in [6.45, 7) is 1.44. The topological polar surface area (TPSA) is 63.5 Å². The molecular formula is C21H26IN5OS. The molecule has 6 nitrogen and oxygen atoms in total. The van der Waals surface area contributed by atoms with Crippen molar-refractivity contribution in [1.29, 1.82) is 0 Å². The highest BCUT2D eigenvalue weighted by atomic mass is 127. The van der Waals surface area contributed by atoms with Gasteiger partial charge in [-0.1, -0.05) is 18.2 Å². The van der Waals surface area contributed by atoms with E-state index < -0.39 is 0 Å². The number of nitrogens with one attached hydrogen (secondary N) is 2. The van der Waals surface area contributed by atoms with Crippen LogP contribution in [0.15, 0.2) is 76.7 Å². The molecule has 0 amide bonds. The van der Waals surface area contributed by atoms with E-state index in [1.807, 2.05) is 59.0 Å². The predicted molar refractivity (Wildman–Crippen MR) is 131 cm³/mol. The quantitative estimate of drug-likeness (QED) is 0.154. The van der Waals surface area contributed by atoms with Crippen LogP contribution >= 0.6 is 35.7 Å². The lowest BCUT2D eigenvalue weighted by atomic mass is 10.3. The van der Waals surface area contributed by atoms with Gasteiger partial charge in [0.1, 0.15) is 5.75 Å². The second-order valence-corrected chi connectivity index (χ2v) is 7.13. The molecule has 1 heterocycles. The molecule has 0 atom stereocenters. The second kappa shape index (κ2) is 12.4. The number of rotatable bonds is 8. The minimum atomic E-state index is 0. The van der Waals surface area contributed by atoms with Crippen LogP contribution in [0, 0.1) is 0 Å². The lowest BCUT2D eigenvalue weighted by Crippen LogP contribution is -2.38. The smallest absolute Gasteiger partial charge is 0.191 e. The molecule has 2 aromatic carbocycles. The number of methoxy groups -OCH3 is 1. The van der Waals surface area contributed by atoms with E-state index in [-0.39, 0.29) is 24.0 Å². The van der Waals surface area contributed by atoms with Gasteiger partial charge < -0.3 is 15.4 Å². The molecule has 0 aliphatic rings. The Morgan fingerprint density at radius 2 is 1.83 bits per heavy atom. The number of aliphatic imine (C=N–C) groups is 1. The highest BCUT2D eigenvalue weighted by Gasteiger charge is 2.04. The van der Waals surface area contributed by atoms with Crippen molar-refractivity contribution in [3.63, 3.8) is 0 Å². The molecule has 0 saturated heterocycles. The average molecular weight is 523 g/mol. The SMILES string of the molecule is CN=C(NCCSc1ccccc1)NCc1ccn(-c2ccc(OC)cc2)n1.I. The van der Waals surface area contributed by atoms with Crippen LogP contribution in [0.25, 0.3) is 5.69 Å². The molecule has 3 aromatic rings. The number of halogens is 1. The molecule has 3 rings (SSSR count). The van der Waals surface area contributed by atoms with Crippen LogP contribution in [0.4, 0.5) is 0 Å². The van der Waals surface area contributed by atoms with Crippen molar-refractivity contribution in [1.82, 2.24) is 20.4 Å². The monoisotopic (exact) mass is 523 g/mol. The first-order valence-corrected chi connectivity index (χ1v) is 10.1. The summed E-state index contributed by atoms with van der Waals surface area (Å²) in [4.78, 5) is 5.54. The zero-order valence-corrected chi connectivity index (χ0v) is 19.7. The van der Waals surface area contributed by atoms with Crippen LogP contribution in [-0.2, 0) is 6.54 Å². The molecule has 2 N–H and O–H groups in total. The average Bonchev–Trinajstić information content (AvgIpc) is 3.23.